The Balaban J connectivity index is 4.23. The first kappa shape index (κ1) is 10.7. The predicted octanol–water partition coefficient (Wildman–Crippen LogP) is 4.02. The Kier molecular flexibility index (Phi) is 4.48. The van der Waals surface area contributed by atoms with Crippen LogP contribution in [-0.4, -0.2) is 0 Å². The molecule has 1 atom stereocenters. The molecule has 0 bridgehead atoms. The minimum Gasteiger partial charge on any atom is -0.0914 e. The monoisotopic (exact) mass is 154 g/mol. The van der Waals surface area contributed by atoms with Crippen LogP contribution in [0.25, 0.3) is 0 Å². The summed E-state index contributed by atoms with van der Waals surface area (Å²) < 4.78 is 0. The largest absolute Gasteiger partial charge is 0.0914 e. The summed E-state index contributed by atoms with van der Waals surface area (Å²) in [5.74, 6) is 0.748. The van der Waals surface area contributed by atoms with Crippen LogP contribution in [0.5, 0.6) is 0 Å². The van der Waals surface area contributed by atoms with Crippen molar-refractivity contribution in [3.05, 3.63) is 12.2 Å². The Labute approximate surface area is 71.7 Å². The van der Waals surface area contributed by atoms with Gasteiger partial charge in [-0.2, -0.15) is 0 Å². The molecule has 1 unspecified atom stereocenters. The van der Waals surface area contributed by atoms with Gasteiger partial charge < -0.3 is 0 Å². The van der Waals surface area contributed by atoms with Gasteiger partial charge in [-0.25, -0.2) is 0 Å². The van der Waals surface area contributed by atoms with Gasteiger partial charge in [0.05, 0.1) is 0 Å². The molecule has 0 aliphatic heterocycles. The molecule has 0 fully saturated rings. The quantitative estimate of drug-likeness (QED) is 0.536. The zero-order valence-corrected chi connectivity index (χ0v) is 8.65. The van der Waals surface area contributed by atoms with Crippen LogP contribution in [0.1, 0.15) is 47.5 Å². The van der Waals surface area contributed by atoms with E-state index in [-0.39, 0.29) is 0 Å². The molecule has 0 N–H and O–H groups in total. The maximum atomic E-state index is 2.35. The molecular weight excluding hydrogens is 132 g/mol. The number of allylic oxidation sites excluding steroid dienone is 2. The highest BCUT2D eigenvalue weighted by molar-refractivity contribution is 4.92. The lowest BCUT2D eigenvalue weighted by atomic mass is 9.75. The van der Waals surface area contributed by atoms with Gasteiger partial charge in [0, 0.05) is 0 Å². The van der Waals surface area contributed by atoms with Crippen LogP contribution in [0.4, 0.5) is 0 Å². The van der Waals surface area contributed by atoms with Crippen LogP contribution in [0.3, 0.4) is 0 Å². The molecule has 0 heterocycles. The van der Waals surface area contributed by atoms with E-state index in [0.717, 1.165) is 5.92 Å². The average Bonchev–Trinajstić information content (AvgIpc) is 2.00. The lowest BCUT2D eigenvalue weighted by molar-refractivity contribution is 0.243. The van der Waals surface area contributed by atoms with E-state index in [1.165, 1.54) is 12.8 Å². The first-order valence-electron chi connectivity index (χ1n) is 4.71. The molecule has 0 aliphatic carbocycles. The Bertz CT molecular complexity index is 120. The minimum atomic E-state index is 0.473. The molecule has 0 aromatic heterocycles. The molecule has 0 saturated carbocycles. The third-order valence-electron chi connectivity index (χ3n) is 2.78. The van der Waals surface area contributed by atoms with Crippen LogP contribution < -0.4 is 0 Å². The highest BCUT2D eigenvalue weighted by atomic mass is 14.3. The van der Waals surface area contributed by atoms with Gasteiger partial charge in [0.1, 0.15) is 0 Å². The molecule has 0 amide bonds. The van der Waals surface area contributed by atoms with Gasteiger partial charge in [-0.1, -0.05) is 46.3 Å². The minimum absolute atomic E-state index is 0.473. The fourth-order valence-electron chi connectivity index (χ4n) is 1.44. The predicted molar refractivity (Wildman–Crippen MR) is 52.7 cm³/mol. The van der Waals surface area contributed by atoms with Gasteiger partial charge in [0.25, 0.3) is 0 Å². The van der Waals surface area contributed by atoms with Crippen molar-refractivity contribution in [2.45, 2.75) is 47.5 Å². The second-order valence-electron chi connectivity index (χ2n) is 3.88. The van der Waals surface area contributed by atoms with Gasteiger partial charge in [-0.05, 0) is 24.7 Å². The van der Waals surface area contributed by atoms with Crippen LogP contribution in [-0.2, 0) is 0 Å². The second-order valence-corrected chi connectivity index (χ2v) is 3.88. The van der Waals surface area contributed by atoms with E-state index < -0.39 is 0 Å². The molecule has 0 spiro atoms. The summed E-state index contributed by atoms with van der Waals surface area (Å²) in [5.41, 5.74) is 0.473. The molecule has 66 valence electrons. The molecule has 0 nitrogen and oxygen atoms in total. The van der Waals surface area contributed by atoms with E-state index in [1.807, 2.05) is 0 Å². The average molecular weight is 154 g/mol. The van der Waals surface area contributed by atoms with Gasteiger partial charge in [0.15, 0.2) is 0 Å². The van der Waals surface area contributed by atoms with Gasteiger partial charge in [-0.3, -0.25) is 0 Å². The van der Waals surface area contributed by atoms with E-state index in [2.05, 4.69) is 46.8 Å². The summed E-state index contributed by atoms with van der Waals surface area (Å²) in [6.45, 7) is 11.3. The molecule has 0 rings (SSSR count). The van der Waals surface area contributed by atoms with E-state index in [9.17, 15) is 0 Å². The summed E-state index contributed by atoms with van der Waals surface area (Å²) in [7, 11) is 0. The molecule has 0 heteroatoms. The van der Waals surface area contributed by atoms with Crippen molar-refractivity contribution in [1.82, 2.24) is 0 Å². The zero-order valence-electron chi connectivity index (χ0n) is 8.65. The fourth-order valence-corrected chi connectivity index (χ4v) is 1.44. The SMILES string of the molecule is CC=CC(CC)C(C)(C)CC. The lowest BCUT2D eigenvalue weighted by Gasteiger charge is -2.30. The molecular formula is C11H22. The van der Waals surface area contributed by atoms with Crippen LogP contribution in [0.2, 0.25) is 0 Å². The Hall–Kier alpha value is -0.260. The highest BCUT2D eigenvalue weighted by Gasteiger charge is 2.23. The van der Waals surface area contributed by atoms with Crippen LogP contribution in [0.15, 0.2) is 12.2 Å². The van der Waals surface area contributed by atoms with E-state index in [1.54, 1.807) is 0 Å². The van der Waals surface area contributed by atoms with Crippen molar-refractivity contribution in [3.63, 3.8) is 0 Å². The van der Waals surface area contributed by atoms with Crippen molar-refractivity contribution in [2.75, 3.05) is 0 Å². The van der Waals surface area contributed by atoms with Crippen LogP contribution in [0, 0.1) is 11.3 Å². The van der Waals surface area contributed by atoms with Crippen LogP contribution >= 0.6 is 0 Å². The molecule has 0 aromatic carbocycles. The molecule has 11 heavy (non-hydrogen) atoms. The first-order chi connectivity index (χ1) is 5.08. The lowest BCUT2D eigenvalue weighted by Crippen LogP contribution is -2.20. The summed E-state index contributed by atoms with van der Waals surface area (Å²) in [5, 5.41) is 0. The van der Waals surface area contributed by atoms with E-state index in [0.29, 0.717) is 5.41 Å². The van der Waals surface area contributed by atoms with Crippen molar-refractivity contribution in [2.24, 2.45) is 11.3 Å². The van der Waals surface area contributed by atoms with Crippen molar-refractivity contribution < 1.29 is 0 Å². The fraction of sp³-hybridized carbons (Fsp3) is 0.818. The summed E-state index contributed by atoms with van der Waals surface area (Å²) in [6, 6.07) is 0. The van der Waals surface area contributed by atoms with Crippen molar-refractivity contribution in [3.8, 4) is 0 Å². The number of hydrogen-bond acceptors (Lipinski definition) is 0. The normalized spacial score (nSPS) is 15.7. The van der Waals surface area contributed by atoms with Gasteiger partial charge in [0.2, 0.25) is 0 Å². The Morgan fingerprint density at radius 1 is 1.27 bits per heavy atom. The molecule has 0 aliphatic rings. The molecule has 0 aromatic rings. The van der Waals surface area contributed by atoms with E-state index in [4.69, 9.17) is 0 Å². The summed E-state index contributed by atoms with van der Waals surface area (Å²) in [4.78, 5) is 0. The van der Waals surface area contributed by atoms with Gasteiger partial charge in [-0.15, -0.1) is 0 Å². The summed E-state index contributed by atoms with van der Waals surface area (Å²) >= 11 is 0. The second kappa shape index (κ2) is 4.58. The van der Waals surface area contributed by atoms with Crippen molar-refractivity contribution >= 4 is 0 Å². The third kappa shape index (κ3) is 3.09. The van der Waals surface area contributed by atoms with Crippen molar-refractivity contribution in [1.29, 1.82) is 0 Å². The van der Waals surface area contributed by atoms with Gasteiger partial charge >= 0.3 is 0 Å². The topological polar surface area (TPSA) is 0 Å². The summed E-state index contributed by atoms with van der Waals surface area (Å²) in [6.07, 6.45) is 7.02. The highest BCUT2D eigenvalue weighted by Crippen LogP contribution is 2.33. The maximum absolute atomic E-state index is 2.35. The number of rotatable bonds is 4. The molecule has 0 saturated heterocycles. The smallest absolute Gasteiger partial charge is 0.0185 e. The first-order valence-corrected chi connectivity index (χ1v) is 4.71. The zero-order chi connectivity index (χ0) is 8.91. The standard InChI is InChI=1S/C11H22/c1-6-9-10(7-2)11(4,5)8-3/h6,9-10H,7-8H2,1-5H3. The third-order valence-corrected chi connectivity index (χ3v) is 2.78. The maximum Gasteiger partial charge on any atom is -0.0185 e. The van der Waals surface area contributed by atoms with E-state index >= 15 is 0 Å². The Morgan fingerprint density at radius 2 is 1.82 bits per heavy atom. The molecule has 0 radical (unpaired) electrons. The number of hydrogen-bond donors (Lipinski definition) is 0. The Morgan fingerprint density at radius 3 is 2.09 bits per heavy atom.